The van der Waals surface area contributed by atoms with Crippen LogP contribution in [0.1, 0.15) is 72.6 Å². The quantitative estimate of drug-likeness (QED) is 0.748. The van der Waals surface area contributed by atoms with E-state index in [-0.39, 0.29) is 16.6 Å². The van der Waals surface area contributed by atoms with E-state index in [2.05, 4.69) is 34.3 Å². The van der Waals surface area contributed by atoms with E-state index in [0.29, 0.717) is 23.9 Å². The smallest absolute Gasteiger partial charge is 0.0839 e. The van der Waals surface area contributed by atoms with Crippen LogP contribution in [-0.4, -0.2) is 22.9 Å². The van der Waals surface area contributed by atoms with Crippen LogP contribution in [0.15, 0.2) is 12.7 Å². The molecule has 3 fully saturated rings. The summed E-state index contributed by atoms with van der Waals surface area (Å²) >= 11 is 0. The van der Waals surface area contributed by atoms with Crippen LogP contribution in [0.2, 0.25) is 0 Å². The number of fused-ring (bicyclic) bond motifs is 3. The Labute approximate surface area is 136 Å². The Bertz CT molecular complexity index is 461. The second-order valence-corrected chi connectivity index (χ2v) is 9.29. The summed E-state index contributed by atoms with van der Waals surface area (Å²) in [5, 5.41) is 10.0. The Hall–Kier alpha value is -0.340. The van der Waals surface area contributed by atoms with Crippen LogP contribution >= 0.6 is 0 Å². The highest BCUT2D eigenvalue weighted by Crippen LogP contribution is 2.65. The van der Waals surface area contributed by atoms with Gasteiger partial charge in [0.1, 0.15) is 0 Å². The Morgan fingerprint density at radius 3 is 2.36 bits per heavy atom. The van der Waals surface area contributed by atoms with Gasteiger partial charge in [-0.1, -0.05) is 26.3 Å². The summed E-state index contributed by atoms with van der Waals surface area (Å²) in [5.74, 6) is 1.24. The Morgan fingerprint density at radius 1 is 1.05 bits per heavy atom. The number of ether oxygens (including phenoxy) is 1. The van der Waals surface area contributed by atoms with Gasteiger partial charge in [-0.15, -0.1) is 6.58 Å². The lowest BCUT2D eigenvalue weighted by molar-refractivity contribution is -0.256. The first-order valence-corrected chi connectivity index (χ1v) is 9.16. The van der Waals surface area contributed by atoms with E-state index in [4.69, 9.17) is 4.74 Å². The molecule has 0 bridgehead atoms. The predicted octanol–water partition coefficient (Wildman–Crippen LogP) is 4.72. The van der Waals surface area contributed by atoms with Gasteiger partial charge in [-0.25, -0.2) is 0 Å². The lowest BCUT2D eigenvalue weighted by atomic mass is 9.44. The van der Waals surface area contributed by atoms with E-state index in [1.54, 1.807) is 0 Å². The molecule has 3 rings (SSSR count). The van der Waals surface area contributed by atoms with Crippen molar-refractivity contribution in [2.75, 3.05) is 6.61 Å². The Morgan fingerprint density at radius 2 is 1.73 bits per heavy atom. The molecular weight excluding hydrogens is 272 g/mol. The number of hydrogen-bond donors (Lipinski definition) is 1. The van der Waals surface area contributed by atoms with Gasteiger partial charge in [-0.2, -0.15) is 0 Å². The molecule has 2 saturated carbocycles. The zero-order valence-electron chi connectivity index (χ0n) is 15.0. The van der Waals surface area contributed by atoms with Crippen LogP contribution in [0.5, 0.6) is 0 Å². The van der Waals surface area contributed by atoms with Crippen LogP contribution in [0.4, 0.5) is 0 Å². The summed E-state index contributed by atoms with van der Waals surface area (Å²) in [6.45, 7) is 13.7. The molecular formula is C20H34O2. The van der Waals surface area contributed by atoms with E-state index < -0.39 is 0 Å². The van der Waals surface area contributed by atoms with Crippen molar-refractivity contribution in [1.82, 2.24) is 0 Å². The standard InChI is InChI=1S/C20H34O2/c1-6-18(3)12-8-16-19(4)11-7-10-17(2,14-21)15(19)9-13-20(16,5)22-18/h6,15-16,21H,1,7-14H2,2-5H3/t15-,16+,17+,18-,19+,20-/m1/s1. The summed E-state index contributed by atoms with van der Waals surface area (Å²) in [7, 11) is 0. The van der Waals surface area contributed by atoms with Crippen molar-refractivity contribution in [3.63, 3.8) is 0 Å². The molecule has 2 nitrogen and oxygen atoms in total. The average molecular weight is 306 g/mol. The summed E-state index contributed by atoms with van der Waals surface area (Å²) in [6, 6.07) is 0. The lowest BCUT2D eigenvalue weighted by Gasteiger charge is -2.65. The molecule has 2 aliphatic carbocycles. The molecule has 0 amide bonds. The van der Waals surface area contributed by atoms with Gasteiger partial charge in [0.2, 0.25) is 0 Å². The maximum atomic E-state index is 10.0. The molecule has 1 N–H and O–H groups in total. The van der Waals surface area contributed by atoms with E-state index in [1.807, 2.05) is 6.08 Å². The van der Waals surface area contributed by atoms with Crippen molar-refractivity contribution in [3.8, 4) is 0 Å². The summed E-state index contributed by atoms with van der Waals surface area (Å²) in [4.78, 5) is 0. The van der Waals surface area contributed by atoms with Gasteiger partial charge in [-0.05, 0) is 75.0 Å². The molecule has 3 aliphatic rings. The first kappa shape index (κ1) is 16.5. The van der Waals surface area contributed by atoms with Gasteiger partial charge in [0, 0.05) is 6.61 Å². The molecule has 0 spiro atoms. The number of hydrogen-bond acceptors (Lipinski definition) is 2. The monoisotopic (exact) mass is 306 g/mol. The van der Waals surface area contributed by atoms with Crippen molar-refractivity contribution in [2.24, 2.45) is 22.7 Å². The Balaban J connectivity index is 1.94. The molecule has 0 aromatic rings. The second kappa shape index (κ2) is 5.08. The van der Waals surface area contributed by atoms with Gasteiger partial charge in [-0.3, -0.25) is 0 Å². The van der Waals surface area contributed by atoms with Crippen LogP contribution in [0.3, 0.4) is 0 Å². The molecule has 1 saturated heterocycles. The van der Waals surface area contributed by atoms with Gasteiger partial charge in [0.25, 0.3) is 0 Å². The Kier molecular flexibility index (Phi) is 3.81. The fraction of sp³-hybridized carbons (Fsp3) is 0.900. The molecule has 0 radical (unpaired) electrons. The third kappa shape index (κ3) is 2.21. The third-order valence-electron chi connectivity index (χ3n) is 7.75. The van der Waals surface area contributed by atoms with Gasteiger partial charge in [0.05, 0.1) is 11.2 Å². The molecule has 22 heavy (non-hydrogen) atoms. The fourth-order valence-corrected chi connectivity index (χ4v) is 6.52. The highest BCUT2D eigenvalue weighted by Gasteiger charge is 2.61. The van der Waals surface area contributed by atoms with Crippen molar-refractivity contribution in [3.05, 3.63) is 12.7 Å². The van der Waals surface area contributed by atoms with Crippen LogP contribution in [-0.2, 0) is 4.74 Å². The third-order valence-corrected chi connectivity index (χ3v) is 7.75. The minimum Gasteiger partial charge on any atom is -0.396 e. The first-order valence-electron chi connectivity index (χ1n) is 9.16. The summed E-state index contributed by atoms with van der Waals surface area (Å²) in [5.41, 5.74) is 0.224. The van der Waals surface area contributed by atoms with E-state index in [0.717, 1.165) is 12.8 Å². The van der Waals surface area contributed by atoms with Crippen LogP contribution in [0.25, 0.3) is 0 Å². The molecule has 1 heterocycles. The predicted molar refractivity (Wildman–Crippen MR) is 90.7 cm³/mol. The maximum Gasteiger partial charge on any atom is 0.0839 e. The fourth-order valence-electron chi connectivity index (χ4n) is 6.52. The van der Waals surface area contributed by atoms with E-state index in [1.165, 1.54) is 32.1 Å². The van der Waals surface area contributed by atoms with Gasteiger partial charge < -0.3 is 9.84 Å². The normalized spacial score (nSPS) is 55.1. The van der Waals surface area contributed by atoms with Crippen molar-refractivity contribution < 1.29 is 9.84 Å². The summed E-state index contributed by atoms with van der Waals surface area (Å²) < 4.78 is 6.65. The van der Waals surface area contributed by atoms with E-state index in [9.17, 15) is 5.11 Å². The van der Waals surface area contributed by atoms with Crippen molar-refractivity contribution >= 4 is 0 Å². The van der Waals surface area contributed by atoms with Crippen molar-refractivity contribution in [1.29, 1.82) is 0 Å². The van der Waals surface area contributed by atoms with Crippen LogP contribution < -0.4 is 0 Å². The molecule has 2 heteroatoms. The highest BCUT2D eigenvalue weighted by molar-refractivity contribution is 5.13. The van der Waals surface area contributed by atoms with Gasteiger partial charge >= 0.3 is 0 Å². The van der Waals surface area contributed by atoms with Crippen LogP contribution in [0, 0.1) is 22.7 Å². The molecule has 0 aromatic heterocycles. The number of aliphatic hydroxyl groups is 1. The lowest BCUT2D eigenvalue weighted by Crippen LogP contribution is -2.63. The topological polar surface area (TPSA) is 29.5 Å². The van der Waals surface area contributed by atoms with Crippen molar-refractivity contribution in [2.45, 2.75) is 83.8 Å². The minimum atomic E-state index is -0.163. The minimum absolute atomic E-state index is 0.0276. The molecule has 0 aromatic carbocycles. The van der Waals surface area contributed by atoms with Gasteiger partial charge in [0.15, 0.2) is 0 Å². The maximum absolute atomic E-state index is 10.0. The first-order chi connectivity index (χ1) is 10.2. The average Bonchev–Trinajstić information content (AvgIpc) is 2.46. The summed E-state index contributed by atoms with van der Waals surface area (Å²) in [6.07, 6.45) is 10.3. The number of rotatable bonds is 2. The zero-order valence-corrected chi connectivity index (χ0v) is 15.0. The number of aliphatic hydroxyl groups excluding tert-OH is 1. The second-order valence-electron chi connectivity index (χ2n) is 9.29. The molecule has 1 aliphatic heterocycles. The molecule has 6 atom stereocenters. The molecule has 126 valence electrons. The largest absolute Gasteiger partial charge is 0.396 e. The zero-order chi connectivity index (χ0) is 16.2. The van der Waals surface area contributed by atoms with E-state index >= 15 is 0 Å². The SMILES string of the molecule is C=C[C@]1(C)CC[C@H]2[C@@]3(C)CCC[C@@](C)(CO)[C@H]3CC[C@@]2(C)O1. The highest BCUT2D eigenvalue weighted by atomic mass is 16.5. The molecule has 0 unspecified atom stereocenters.